The summed E-state index contributed by atoms with van der Waals surface area (Å²) in [6.07, 6.45) is 2.07. The number of hydrogen-bond acceptors (Lipinski definition) is 3. The van der Waals surface area contributed by atoms with E-state index in [0.717, 1.165) is 4.47 Å². The molecule has 1 atom stereocenters. The van der Waals surface area contributed by atoms with E-state index in [1.807, 2.05) is 13.0 Å². The fourth-order valence-electron chi connectivity index (χ4n) is 1.32. The second-order valence-corrected chi connectivity index (χ2v) is 4.50. The van der Waals surface area contributed by atoms with E-state index in [9.17, 15) is 4.79 Å². The first-order chi connectivity index (χ1) is 7.63. The smallest absolute Gasteiger partial charge is 0.225 e. The molecule has 1 aromatic heterocycles. The van der Waals surface area contributed by atoms with Crippen LogP contribution in [-0.4, -0.2) is 24.6 Å². The predicted molar refractivity (Wildman–Crippen MR) is 66.2 cm³/mol. The van der Waals surface area contributed by atoms with Crippen molar-refractivity contribution in [2.45, 2.75) is 13.3 Å². The van der Waals surface area contributed by atoms with Crippen LogP contribution in [-0.2, 0) is 9.53 Å². The van der Waals surface area contributed by atoms with Crippen molar-refractivity contribution in [2.24, 2.45) is 5.92 Å². The lowest BCUT2D eigenvalue weighted by Gasteiger charge is -2.10. The Balaban J connectivity index is 2.49. The summed E-state index contributed by atoms with van der Waals surface area (Å²) < 4.78 is 5.75. The van der Waals surface area contributed by atoms with E-state index in [-0.39, 0.29) is 11.8 Å². The summed E-state index contributed by atoms with van der Waals surface area (Å²) in [5.41, 5.74) is 0. The van der Waals surface area contributed by atoms with Crippen molar-refractivity contribution in [3.8, 4) is 0 Å². The molecule has 1 rings (SSSR count). The second kappa shape index (κ2) is 6.60. The van der Waals surface area contributed by atoms with Gasteiger partial charge in [-0.15, -0.1) is 0 Å². The Hall–Kier alpha value is -0.940. The zero-order valence-corrected chi connectivity index (χ0v) is 11.0. The first kappa shape index (κ1) is 13.1. The summed E-state index contributed by atoms with van der Waals surface area (Å²) in [6, 6.07) is 3.63. The Bertz CT molecular complexity index is 358. The van der Waals surface area contributed by atoms with Gasteiger partial charge in [-0.2, -0.15) is 0 Å². The Kier molecular flexibility index (Phi) is 5.42. The number of anilines is 1. The van der Waals surface area contributed by atoms with Crippen molar-refractivity contribution >= 4 is 27.7 Å². The van der Waals surface area contributed by atoms with Crippen LogP contribution in [0, 0.1) is 5.92 Å². The molecule has 0 aliphatic rings. The Labute approximate surface area is 104 Å². The van der Waals surface area contributed by atoms with E-state index < -0.39 is 0 Å². The molecule has 0 aromatic carbocycles. The van der Waals surface area contributed by atoms with Crippen LogP contribution in [0.5, 0.6) is 0 Å². The fraction of sp³-hybridized carbons (Fsp3) is 0.455. The van der Waals surface area contributed by atoms with Gasteiger partial charge in [0.25, 0.3) is 0 Å². The fourth-order valence-corrected chi connectivity index (χ4v) is 1.67. The Morgan fingerprint density at radius 2 is 2.44 bits per heavy atom. The predicted octanol–water partition coefficient (Wildman–Crippen LogP) is 2.46. The number of nitrogens with one attached hydrogen (secondary N) is 1. The average Bonchev–Trinajstić information content (AvgIpc) is 2.21. The molecule has 1 amide bonds. The monoisotopic (exact) mass is 286 g/mol. The molecule has 5 heteroatoms. The van der Waals surface area contributed by atoms with Crippen molar-refractivity contribution in [3.63, 3.8) is 0 Å². The molecule has 1 heterocycles. The number of methoxy groups -OCH3 is 1. The Morgan fingerprint density at radius 1 is 1.69 bits per heavy atom. The van der Waals surface area contributed by atoms with Crippen LogP contribution in [0.15, 0.2) is 22.8 Å². The topological polar surface area (TPSA) is 51.2 Å². The number of pyridine rings is 1. The number of rotatable bonds is 5. The molecule has 0 spiro atoms. The number of carbonyl (C=O) groups excluding carboxylic acids is 1. The highest BCUT2D eigenvalue weighted by Gasteiger charge is 2.10. The normalized spacial score (nSPS) is 12.2. The van der Waals surface area contributed by atoms with Gasteiger partial charge in [0.15, 0.2) is 0 Å². The summed E-state index contributed by atoms with van der Waals surface area (Å²) in [4.78, 5) is 15.7. The number of ether oxygens (including phenoxy) is 1. The summed E-state index contributed by atoms with van der Waals surface area (Å²) in [6.45, 7) is 2.55. The van der Waals surface area contributed by atoms with Crippen LogP contribution < -0.4 is 5.32 Å². The van der Waals surface area contributed by atoms with Gasteiger partial charge in [0.05, 0.1) is 4.47 Å². The summed E-state index contributed by atoms with van der Waals surface area (Å²) in [7, 11) is 1.63. The minimum absolute atomic E-state index is 0.0519. The highest BCUT2D eigenvalue weighted by molar-refractivity contribution is 9.10. The SMILES string of the molecule is COCC(C)CC(=O)Nc1ncccc1Br. The van der Waals surface area contributed by atoms with Gasteiger partial charge >= 0.3 is 0 Å². The van der Waals surface area contributed by atoms with Crippen molar-refractivity contribution in [1.29, 1.82) is 0 Å². The molecule has 0 saturated carbocycles. The molecule has 0 bridgehead atoms. The largest absolute Gasteiger partial charge is 0.384 e. The standard InChI is InChI=1S/C11H15BrN2O2/c1-8(7-16-2)6-10(15)14-11-9(12)4-3-5-13-11/h3-5,8H,6-7H2,1-2H3,(H,13,14,15). The van der Waals surface area contributed by atoms with E-state index in [0.29, 0.717) is 18.8 Å². The minimum atomic E-state index is -0.0519. The first-order valence-corrected chi connectivity index (χ1v) is 5.82. The number of halogens is 1. The lowest BCUT2D eigenvalue weighted by Crippen LogP contribution is -2.18. The molecular weight excluding hydrogens is 272 g/mol. The van der Waals surface area contributed by atoms with Crippen molar-refractivity contribution < 1.29 is 9.53 Å². The molecule has 0 aliphatic carbocycles. The Morgan fingerprint density at radius 3 is 3.06 bits per heavy atom. The van der Waals surface area contributed by atoms with E-state index in [4.69, 9.17) is 4.74 Å². The van der Waals surface area contributed by atoms with E-state index in [1.54, 1.807) is 19.4 Å². The molecular formula is C11H15BrN2O2. The van der Waals surface area contributed by atoms with Crippen molar-refractivity contribution in [1.82, 2.24) is 4.98 Å². The maximum Gasteiger partial charge on any atom is 0.225 e. The zero-order chi connectivity index (χ0) is 12.0. The van der Waals surface area contributed by atoms with Gasteiger partial charge in [-0.3, -0.25) is 4.79 Å². The highest BCUT2D eigenvalue weighted by atomic mass is 79.9. The maximum atomic E-state index is 11.6. The van der Waals surface area contributed by atoms with Crippen molar-refractivity contribution in [3.05, 3.63) is 22.8 Å². The first-order valence-electron chi connectivity index (χ1n) is 5.02. The number of carbonyl (C=O) groups is 1. The van der Waals surface area contributed by atoms with Crippen LogP contribution in [0.2, 0.25) is 0 Å². The molecule has 0 aliphatic heterocycles. The van der Waals surface area contributed by atoms with Crippen LogP contribution in [0.3, 0.4) is 0 Å². The second-order valence-electron chi connectivity index (χ2n) is 3.65. The quantitative estimate of drug-likeness (QED) is 0.905. The van der Waals surface area contributed by atoms with Gasteiger partial charge in [-0.05, 0) is 34.0 Å². The van der Waals surface area contributed by atoms with Gasteiger partial charge in [-0.1, -0.05) is 6.92 Å². The third-order valence-electron chi connectivity index (χ3n) is 2.00. The van der Waals surface area contributed by atoms with Crippen molar-refractivity contribution in [2.75, 3.05) is 19.0 Å². The molecule has 1 aromatic rings. The maximum absolute atomic E-state index is 11.6. The third kappa shape index (κ3) is 4.28. The van der Waals surface area contributed by atoms with Crippen LogP contribution in [0.25, 0.3) is 0 Å². The summed E-state index contributed by atoms with van der Waals surface area (Å²) >= 11 is 3.32. The molecule has 88 valence electrons. The molecule has 4 nitrogen and oxygen atoms in total. The molecule has 0 radical (unpaired) electrons. The van der Waals surface area contributed by atoms with Crippen LogP contribution >= 0.6 is 15.9 Å². The van der Waals surface area contributed by atoms with Crippen LogP contribution in [0.1, 0.15) is 13.3 Å². The van der Waals surface area contributed by atoms with Gasteiger partial charge < -0.3 is 10.1 Å². The molecule has 0 fully saturated rings. The summed E-state index contributed by atoms with van der Waals surface area (Å²) in [5, 5.41) is 2.75. The van der Waals surface area contributed by atoms with E-state index in [1.165, 1.54) is 0 Å². The average molecular weight is 287 g/mol. The van der Waals surface area contributed by atoms with Gasteiger partial charge in [-0.25, -0.2) is 4.98 Å². The minimum Gasteiger partial charge on any atom is -0.384 e. The molecule has 0 saturated heterocycles. The summed E-state index contributed by atoms with van der Waals surface area (Å²) in [5.74, 6) is 0.702. The third-order valence-corrected chi connectivity index (χ3v) is 2.64. The van der Waals surface area contributed by atoms with Gasteiger partial charge in [0.1, 0.15) is 5.82 Å². The zero-order valence-electron chi connectivity index (χ0n) is 9.37. The molecule has 1 N–H and O–H groups in total. The number of nitrogens with zero attached hydrogens (tertiary/aromatic N) is 1. The molecule has 1 unspecified atom stereocenters. The molecule has 16 heavy (non-hydrogen) atoms. The lowest BCUT2D eigenvalue weighted by molar-refractivity contribution is -0.117. The van der Waals surface area contributed by atoms with Gasteiger partial charge in [0, 0.05) is 26.3 Å². The highest BCUT2D eigenvalue weighted by Crippen LogP contribution is 2.18. The number of amides is 1. The van der Waals surface area contributed by atoms with E-state index >= 15 is 0 Å². The van der Waals surface area contributed by atoms with Crippen LogP contribution in [0.4, 0.5) is 5.82 Å². The van der Waals surface area contributed by atoms with E-state index in [2.05, 4.69) is 26.2 Å². The van der Waals surface area contributed by atoms with Gasteiger partial charge in [0.2, 0.25) is 5.91 Å². The number of aromatic nitrogens is 1. The lowest BCUT2D eigenvalue weighted by atomic mass is 10.1. The number of hydrogen-bond donors (Lipinski definition) is 1.